The number of aryl methyl sites for hydroxylation is 1. The number of pyridine rings is 1. The summed E-state index contributed by atoms with van der Waals surface area (Å²) in [7, 11) is 0. The van der Waals surface area contributed by atoms with E-state index >= 15 is 0 Å². The number of hydrogen-bond acceptors (Lipinski definition) is 4. The van der Waals surface area contributed by atoms with Gasteiger partial charge in [0.1, 0.15) is 6.17 Å². The number of piperidine rings is 1. The number of carbonyl (C=O) groups is 1. The number of anilines is 2. The van der Waals surface area contributed by atoms with Crippen LogP contribution < -0.4 is 5.32 Å². The van der Waals surface area contributed by atoms with Crippen LogP contribution in [-0.4, -0.2) is 40.8 Å². The summed E-state index contributed by atoms with van der Waals surface area (Å²) >= 11 is 0. The molecule has 0 saturated carbocycles. The first kappa shape index (κ1) is 31.3. The zero-order chi connectivity index (χ0) is 32.4. The highest BCUT2D eigenvalue weighted by molar-refractivity contribution is 6.05. The molecule has 0 spiro atoms. The van der Waals surface area contributed by atoms with E-state index in [-0.39, 0.29) is 23.1 Å². The Morgan fingerprint density at radius 1 is 1.04 bits per heavy atom. The van der Waals surface area contributed by atoms with Crippen LogP contribution in [0.3, 0.4) is 0 Å². The maximum Gasteiger partial charge on any atom is 0.270 e. The molecule has 236 valence electrons. The molecule has 1 aliphatic carbocycles. The predicted molar refractivity (Wildman–Crippen MR) is 177 cm³/mol. The topological polar surface area (TPSA) is 69.1 Å². The van der Waals surface area contributed by atoms with Crippen molar-refractivity contribution < 1.29 is 18.0 Å². The molecular formula is C38H37F3N4O. The molecule has 2 aliphatic rings. The lowest BCUT2D eigenvalue weighted by Crippen LogP contribution is -2.38. The number of rotatable bonds is 9. The van der Waals surface area contributed by atoms with Crippen molar-refractivity contribution >= 4 is 33.9 Å². The zero-order valence-electron chi connectivity index (χ0n) is 26.0. The largest absolute Gasteiger partial charge is 0.355 e. The summed E-state index contributed by atoms with van der Waals surface area (Å²) in [6.45, 7) is 3.65. The van der Waals surface area contributed by atoms with Gasteiger partial charge in [0.05, 0.1) is 5.52 Å². The van der Waals surface area contributed by atoms with Crippen molar-refractivity contribution in [2.75, 3.05) is 18.4 Å². The number of aromatic nitrogens is 1. The molecule has 2 heterocycles. The van der Waals surface area contributed by atoms with Crippen molar-refractivity contribution in [1.82, 2.24) is 9.88 Å². The first-order chi connectivity index (χ1) is 22.0. The van der Waals surface area contributed by atoms with E-state index in [1.165, 1.54) is 23.8 Å². The molecule has 1 aliphatic heterocycles. The van der Waals surface area contributed by atoms with Gasteiger partial charge in [0, 0.05) is 77.2 Å². The van der Waals surface area contributed by atoms with Crippen LogP contribution >= 0.6 is 0 Å². The van der Waals surface area contributed by atoms with Gasteiger partial charge in [-0.2, -0.15) is 0 Å². The van der Waals surface area contributed by atoms with Gasteiger partial charge in [-0.05, 0) is 92.3 Å². The number of amides is 1. The van der Waals surface area contributed by atoms with E-state index in [0.29, 0.717) is 42.0 Å². The van der Waals surface area contributed by atoms with E-state index in [1.54, 1.807) is 37.3 Å². The number of halogens is 3. The van der Waals surface area contributed by atoms with Gasteiger partial charge < -0.3 is 15.6 Å². The molecule has 8 heteroatoms. The molecule has 1 atom stereocenters. The summed E-state index contributed by atoms with van der Waals surface area (Å²) in [4.78, 5) is 20.6. The van der Waals surface area contributed by atoms with Crippen LogP contribution in [0.2, 0.25) is 0 Å². The predicted octanol–water partition coefficient (Wildman–Crippen LogP) is 9.25. The highest BCUT2D eigenvalue weighted by Gasteiger charge is 2.28. The van der Waals surface area contributed by atoms with Crippen molar-refractivity contribution in [1.29, 1.82) is 5.41 Å². The Morgan fingerprint density at radius 2 is 1.83 bits per heavy atom. The zero-order valence-corrected chi connectivity index (χ0v) is 26.0. The van der Waals surface area contributed by atoms with E-state index in [0.717, 1.165) is 54.8 Å². The minimum absolute atomic E-state index is 0.104. The standard InChI is InChI=1S/C38H37F3N4O/c1-24(42)33-22-29(13-15-35(33)43-32-8-5-7-30(23-32)38(2,40)41)37(46)45-18-16-26(17-19-45)36-28(12-10-25-11-14-31(39)20-25)21-27-6-3-4-9-34(27)44-36/h3-9,13-15,21-23,26,31,42-43H,10,12,16-20H2,1-2H3. The number of nitrogens with zero attached hydrogens (tertiary/aromatic N) is 2. The van der Waals surface area contributed by atoms with Crippen LogP contribution in [0.5, 0.6) is 0 Å². The molecule has 46 heavy (non-hydrogen) atoms. The summed E-state index contributed by atoms with van der Waals surface area (Å²) < 4.78 is 41.5. The molecule has 6 rings (SSSR count). The highest BCUT2D eigenvalue weighted by atomic mass is 19.3. The Hall–Kier alpha value is -4.68. The van der Waals surface area contributed by atoms with Gasteiger partial charge >= 0.3 is 0 Å². The number of alkyl halides is 3. The Kier molecular flexibility index (Phi) is 8.83. The first-order valence-corrected chi connectivity index (χ1v) is 15.8. The summed E-state index contributed by atoms with van der Waals surface area (Å²) in [5.74, 6) is -2.88. The average molecular weight is 623 g/mol. The van der Waals surface area contributed by atoms with Gasteiger partial charge in [0.2, 0.25) is 0 Å². The third-order valence-corrected chi connectivity index (χ3v) is 8.93. The number of hydrogen-bond donors (Lipinski definition) is 2. The Balaban J connectivity index is 1.17. The fourth-order valence-electron chi connectivity index (χ4n) is 6.41. The molecule has 1 unspecified atom stereocenters. The van der Waals surface area contributed by atoms with Gasteiger partial charge in [-0.1, -0.05) is 30.3 Å². The monoisotopic (exact) mass is 622 g/mol. The van der Waals surface area contributed by atoms with Crippen molar-refractivity contribution in [3.63, 3.8) is 0 Å². The lowest BCUT2D eigenvalue weighted by atomic mass is 9.87. The smallest absolute Gasteiger partial charge is 0.270 e. The fourth-order valence-corrected chi connectivity index (χ4v) is 6.41. The Labute approximate surface area is 267 Å². The molecule has 0 bridgehead atoms. The van der Waals surface area contributed by atoms with E-state index in [4.69, 9.17) is 10.4 Å². The van der Waals surface area contributed by atoms with Gasteiger partial charge in [0.25, 0.3) is 11.8 Å². The molecule has 1 aromatic heterocycles. The van der Waals surface area contributed by atoms with E-state index in [1.807, 2.05) is 23.1 Å². The summed E-state index contributed by atoms with van der Waals surface area (Å²) in [6, 6.07) is 21.5. The second-order valence-corrected chi connectivity index (χ2v) is 12.4. The highest BCUT2D eigenvalue weighted by Crippen LogP contribution is 2.34. The van der Waals surface area contributed by atoms with E-state index in [9.17, 15) is 18.0 Å². The normalized spacial score (nSPS) is 16.9. The minimum atomic E-state index is -2.97. The quantitative estimate of drug-likeness (QED) is 0.144. The SMILES string of the molecule is CC(=N)c1cc(C(=O)N2CCC(c3nc4ccccc4cc3CCC3=C=CC(F)C3)CC2)ccc1Nc1cccc(C(C)(F)F)c1. The lowest BCUT2D eigenvalue weighted by Gasteiger charge is -2.33. The van der Waals surface area contributed by atoms with Crippen LogP contribution in [0.15, 0.2) is 90.2 Å². The van der Waals surface area contributed by atoms with Gasteiger partial charge in [0.15, 0.2) is 0 Å². The van der Waals surface area contributed by atoms with Gasteiger partial charge in [-0.25, -0.2) is 13.2 Å². The fraction of sp³-hybridized carbons (Fsp3) is 0.316. The van der Waals surface area contributed by atoms with Crippen molar-refractivity contribution in [2.45, 2.75) is 64.0 Å². The van der Waals surface area contributed by atoms with Gasteiger partial charge in [-0.3, -0.25) is 9.78 Å². The van der Waals surface area contributed by atoms with Crippen LogP contribution in [0, 0.1) is 5.41 Å². The van der Waals surface area contributed by atoms with Crippen LogP contribution in [0.1, 0.15) is 78.2 Å². The maximum atomic E-state index is 13.9. The molecule has 1 fully saturated rings. The number of nitrogens with one attached hydrogen (secondary N) is 2. The lowest BCUT2D eigenvalue weighted by molar-refractivity contribution is 0.0175. The van der Waals surface area contributed by atoms with Crippen LogP contribution in [-0.2, 0) is 12.3 Å². The van der Waals surface area contributed by atoms with Crippen molar-refractivity contribution in [2.24, 2.45) is 0 Å². The molecule has 4 aromatic rings. The number of carbonyl (C=O) groups excluding carboxylic acids is 1. The molecule has 2 N–H and O–H groups in total. The van der Waals surface area contributed by atoms with Crippen LogP contribution in [0.4, 0.5) is 24.5 Å². The van der Waals surface area contributed by atoms with Crippen LogP contribution in [0.25, 0.3) is 10.9 Å². The Bertz CT molecular complexity index is 1860. The summed E-state index contributed by atoms with van der Waals surface area (Å²) in [5.41, 5.74) is 9.48. The second-order valence-electron chi connectivity index (χ2n) is 12.4. The molecule has 1 saturated heterocycles. The molecule has 5 nitrogen and oxygen atoms in total. The summed E-state index contributed by atoms with van der Waals surface area (Å²) in [6.07, 6.45) is 4.04. The Morgan fingerprint density at radius 3 is 2.54 bits per heavy atom. The van der Waals surface area contributed by atoms with Gasteiger partial charge in [-0.15, -0.1) is 5.73 Å². The second kappa shape index (κ2) is 13.0. The average Bonchev–Trinajstić information content (AvgIpc) is 3.47. The minimum Gasteiger partial charge on any atom is -0.355 e. The third-order valence-electron chi connectivity index (χ3n) is 8.93. The number of para-hydroxylation sites is 1. The molecule has 1 amide bonds. The third kappa shape index (κ3) is 6.92. The summed E-state index contributed by atoms with van der Waals surface area (Å²) in [5, 5.41) is 12.6. The number of fused-ring (bicyclic) bond motifs is 1. The van der Waals surface area contributed by atoms with Crippen molar-refractivity contribution in [3.05, 3.63) is 118 Å². The molecular weight excluding hydrogens is 585 g/mol. The number of allylic oxidation sites excluding steroid dienone is 1. The number of likely N-dealkylation sites (tertiary alicyclic amines) is 1. The van der Waals surface area contributed by atoms with Crippen molar-refractivity contribution in [3.8, 4) is 0 Å². The molecule has 3 aromatic carbocycles. The van der Waals surface area contributed by atoms with E-state index in [2.05, 4.69) is 23.2 Å². The maximum absolute atomic E-state index is 13.9. The van der Waals surface area contributed by atoms with E-state index < -0.39 is 12.1 Å². The number of benzene rings is 3. The first-order valence-electron chi connectivity index (χ1n) is 15.8. The molecule has 0 radical (unpaired) electrons.